The second-order valence-corrected chi connectivity index (χ2v) is 18.6. The molecule has 0 aromatic heterocycles. The van der Waals surface area contributed by atoms with Gasteiger partial charge in [0.05, 0.1) is 0 Å². The Balaban J connectivity index is 4.24. The number of carbonyl (C=O) groups is 3. The first-order valence-electron chi connectivity index (χ1n) is 26.4. The van der Waals surface area contributed by atoms with Crippen molar-refractivity contribution in [2.45, 2.75) is 303 Å². The first-order chi connectivity index (χ1) is 28.9. The molecule has 6 heteroatoms. The highest BCUT2D eigenvalue weighted by Gasteiger charge is 2.19. The third kappa shape index (κ3) is 47.3. The van der Waals surface area contributed by atoms with E-state index in [1.807, 2.05) is 0 Å². The fourth-order valence-electron chi connectivity index (χ4n) is 8.04. The van der Waals surface area contributed by atoms with E-state index in [2.05, 4.69) is 27.7 Å². The predicted octanol–water partition coefficient (Wildman–Crippen LogP) is 17.1. The Morgan fingerprint density at radius 3 is 0.831 bits per heavy atom. The van der Waals surface area contributed by atoms with Gasteiger partial charge in [-0.05, 0) is 25.2 Å². The molecule has 0 fully saturated rings. The molecule has 0 amide bonds. The fourth-order valence-corrected chi connectivity index (χ4v) is 8.04. The van der Waals surface area contributed by atoms with Crippen LogP contribution < -0.4 is 0 Å². The SMILES string of the molecule is CCCCCCCCCCCCCCCCC(=O)OC[C@H](COC(=O)CCCCCCCCCCC)OC(=O)CCCCCCCCCCCCCCCCCC(C)C. The van der Waals surface area contributed by atoms with E-state index >= 15 is 0 Å². The molecule has 0 spiro atoms. The average Bonchev–Trinajstić information content (AvgIpc) is 3.22. The van der Waals surface area contributed by atoms with Gasteiger partial charge in [-0.1, -0.05) is 259 Å². The Morgan fingerprint density at radius 2 is 0.559 bits per heavy atom. The molecule has 0 aromatic carbocycles. The lowest BCUT2D eigenvalue weighted by Crippen LogP contribution is -2.30. The highest BCUT2D eigenvalue weighted by Crippen LogP contribution is 2.17. The number of ether oxygens (including phenoxy) is 3. The zero-order chi connectivity index (χ0) is 43.1. The zero-order valence-corrected chi connectivity index (χ0v) is 40.2. The van der Waals surface area contributed by atoms with Gasteiger partial charge in [0.15, 0.2) is 6.10 Å². The summed E-state index contributed by atoms with van der Waals surface area (Å²) in [5, 5.41) is 0. The zero-order valence-electron chi connectivity index (χ0n) is 40.2. The van der Waals surface area contributed by atoms with Crippen molar-refractivity contribution in [1.29, 1.82) is 0 Å². The van der Waals surface area contributed by atoms with Gasteiger partial charge in [-0.3, -0.25) is 14.4 Å². The van der Waals surface area contributed by atoms with Gasteiger partial charge in [0, 0.05) is 19.3 Å². The molecule has 0 radical (unpaired) electrons. The van der Waals surface area contributed by atoms with Gasteiger partial charge in [-0.2, -0.15) is 0 Å². The van der Waals surface area contributed by atoms with Crippen molar-refractivity contribution in [1.82, 2.24) is 0 Å². The Kier molecular flexibility index (Phi) is 46.2. The van der Waals surface area contributed by atoms with E-state index in [-0.39, 0.29) is 31.1 Å². The van der Waals surface area contributed by atoms with Crippen molar-refractivity contribution in [2.24, 2.45) is 5.92 Å². The van der Waals surface area contributed by atoms with Gasteiger partial charge < -0.3 is 14.2 Å². The van der Waals surface area contributed by atoms with Crippen LogP contribution >= 0.6 is 0 Å². The molecular weight excluding hydrogens is 733 g/mol. The van der Waals surface area contributed by atoms with Gasteiger partial charge in [0.1, 0.15) is 13.2 Å². The maximum absolute atomic E-state index is 12.8. The number of hydrogen-bond donors (Lipinski definition) is 0. The summed E-state index contributed by atoms with van der Waals surface area (Å²) in [6.07, 6.45) is 49.5. The Morgan fingerprint density at radius 1 is 0.322 bits per heavy atom. The van der Waals surface area contributed by atoms with Gasteiger partial charge in [0.25, 0.3) is 0 Å². The number of unbranched alkanes of at least 4 members (excludes halogenated alkanes) is 35. The number of rotatable bonds is 48. The molecule has 6 nitrogen and oxygen atoms in total. The molecule has 0 bridgehead atoms. The Labute approximate surface area is 368 Å². The lowest BCUT2D eigenvalue weighted by molar-refractivity contribution is -0.167. The lowest BCUT2D eigenvalue weighted by Gasteiger charge is -2.18. The second-order valence-electron chi connectivity index (χ2n) is 18.6. The number of carbonyl (C=O) groups excluding carboxylic acids is 3. The third-order valence-electron chi connectivity index (χ3n) is 12.0. The molecule has 0 aliphatic heterocycles. The normalized spacial score (nSPS) is 11.9. The van der Waals surface area contributed by atoms with E-state index < -0.39 is 6.10 Å². The Hall–Kier alpha value is -1.59. The van der Waals surface area contributed by atoms with Crippen LogP contribution in [-0.2, 0) is 28.6 Å². The highest BCUT2D eigenvalue weighted by atomic mass is 16.6. The maximum atomic E-state index is 12.8. The second kappa shape index (κ2) is 47.5. The van der Waals surface area contributed by atoms with Crippen molar-refractivity contribution in [2.75, 3.05) is 13.2 Å². The molecule has 59 heavy (non-hydrogen) atoms. The van der Waals surface area contributed by atoms with Crippen LogP contribution in [0.1, 0.15) is 297 Å². The molecule has 350 valence electrons. The average molecular weight is 835 g/mol. The van der Waals surface area contributed by atoms with Crippen LogP contribution in [0.3, 0.4) is 0 Å². The summed E-state index contributed by atoms with van der Waals surface area (Å²) in [6.45, 7) is 9.03. The van der Waals surface area contributed by atoms with Crippen molar-refractivity contribution < 1.29 is 28.6 Å². The monoisotopic (exact) mass is 835 g/mol. The van der Waals surface area contributed by atoms with Gasteiger partial charge in [0.2, 0.25) is 0 Å². The minimum atomic E-state index is -0.760. The summed E-state index contributed by atoms with van der Waals surface area (Å²) in [5.41, 5.74) is 0. The fraction of sp³-hybridized carbons (Fsp3) is 0.943. The molecule has 0 rings (SSSR count). The number of hydrogen-bond acceptors (Lipinski definition) is 6. The largest absolute Gasteiger partial charge is 0.462 e. The van der Waals surface area contributed by atoms with Crippen molar-refractivity contribution >= 4 is 17.9 Å². The van der Waals surface area contributed by atoms with E-state index in [9.17, 15) is 14.4 Å². The molecule has 0 saturated heterocycles. The summed E-state index contributed by atoms with van der Waals surface area (Å²) >= 11 is 0. The molecule has 0 heterocycles. The molecular formula is C53H102O6. The van der Waals surface area contributed by atoms with Crippen LogP contribution in [0.15, 0.2) is 0 Å². The van der Waals surface area contributed by atoms with Gasteiger partial charge >= 0.3 is 17.9 Å². The molecule has 0 aliphatic carbocycles. The molecule has 0 N–H and O–H groups in total. The quantitative estimate of drug-likeness (QED) is 0.0345. The van der Waals surface area contributed by atoms with E-state index in [0.717, 1.165) is 63.7 Å². The van der Waals surface area contributed by atoms with Crippen molar-refractivity contribution in [3.63, 3.8) is 0 Å². The summed E-state index contributed by atoms with van der Waals surface area (Å²) < 4.78 is 16.8. The van der Waals surface area contributed by atoms with Crippen LogP contribution in [0.5, 0.6) is 0 Å². The molecule has 0 saturated carbocycles. The molecule has 0 unspecified atom stereocenters. The Bertz CT molecular complexity index is 887. The van der Waals surface area contributed by atoms with Gasteiger partial charge in [-0.15, -0.1) is 0 Å². The minimum absolute atomic E-state index is 0.0626. The predicted molar refractivity (Wildman–Crippen MR) is 252 cm³/mol. The molecule has 0 aliphatic rings. The maximum Gasteiger partial charge on any atom is 0.306 e. The van der Waals surface area contributed by atoms with E-state index in [4.69, 9.17) is 14.2 Å². The van der Waals surface area contributed by atoms with Gasteiger partial charge in [-0.25, -0.2) is 0 Å². The lowest BCUT2D eigenvalue weighted by atomic mass is 10.0. The summed E-state index contributed by atoms with van der Waals surface area (Å²) in [4.78, 5) is 37.9. The highest BCUT2D eigenvalue weighted by molar-refractivity contribution is 5.71. The van der Waals surface area contributed by atoms with E-state index in [0.29, 0.717) is 19.3 Å². The summed E-state index contributed by atoms with van der Waals surface area (Å²) in [5.74, 6) is 0.00298. The van der Waals surface area contributed by atoms with Crippen LogP contribution in [0.4, 0.5) is 0 Å². The first-order valence-corrected chi connectivity index (χ1v) is 26.4. The van der Waals surface area contributed by atoms with Crippen LogP contribution in [0.2, 0.25) is 0 Å². The smallest absolute Gasteiger partial charge is 0.306 e. The van der Waals surface area contributed by atoms with Crippen molar-refractivity contribution in [3.8, 4) is 0 Å². The van der Waals surface area contributed by atoms with Crippen molar-refractivity contribution in [3.05, 3.63) is 0 Å². The third-order valence-corrected chi connectivity index (χ3v) is 12.0. The molecule has 1 atom stereocenters. The van der Waals surface area contributed by atoms with E-state index in [1.165, 1.54) is 193 Å². The van der Waals surface area contributed by atoms with Crippen LogP contribution in [-0.4, -0.2) is 37.2 Å². The van der Waals surface area contributed by atoms with Crippen LogP contribution in [0, 0.1) is 5.92 Å². The topological polar surface area (TPSA) is 78.9 Å². The minimum Gasteiger partial charge on any atom is -0.462 e. The van der Waals surface area contributed by atoms with Crippen LogP contribution in [0.25, 0.3) is 0 Å². The standard InChI is InChI=1S/C53H102O6/c1-5-7-9-11-13-15-16-17-22-25-29-33-37-41-45-52(55)58-48-50(47-57-51(54)44-40-36-32-27-14-12-10-8-6-2)59-53(56)46-42-38-34-30-26-23-20-18-19-21-24-28-31-35-39-43-49(3)4/h49-50H,5-48H2,1-4H3/t50-/m0/s1. The number of esters is 3. The molecule has 0 aromatic rings. The first kappa shape index (κ1) is 57.4. The van der Waals surface area contributed by atoms with E-state index in [1.54, 1.807) is 0 Å². The summed E-state index contributed by atoms with van der Waals surface area (Å²) in [7, 11) is 0. The summed E-state index contributed by atoms with van der Waals surface area (Å²) in [6, 6.07) is 0.